The van der Waals surface area contributed by atoms with Crippen molar-refractivity contribution in [3.63, 3.8) is 0 Å². The molecule has 3 rings (SSSR count). The largest absolute Gasteiger partial charge is 0.452 e. The maximum absolute atomic E-state index is 10.6. The highest BCUT2D eigenvalue weighted by atomic mass is 32.2. The Hall–Kier alpha value is -2.01. The van der Waals surface area contributed by atoms with Crippen molar-refractivity contribution in [3.8, 4) is 5.75 Å². The summed E-state index contributed by atoms with van der Waals surface area (Å²) >= 11 is 0. The Kier molecular flexibility index (Phi) is 2.26. The van der Waals surface area contributed by atoms with Crippen molar-refractivity contribution in [2.24, 2.45) is 0 Å². The van der Waals surface area contributed by atoms with Crippen molar-refractivity contribution >= 4 is 32.9 Å². The topological polar surface area (TPSA) is 56.5 Å². The summed E-state index contributed by atoms with van der Waals surface area (Å²) in [5.41, 5.74) is 1.16. The van der Waals surface area contributed by atoms with Gasteiger partial charge in [0.05, 0.1) is 0 Å². The van der Waals surface area contributed by atoms with Crippen molar-refractivity contribution in [2.45, 2.75) is 0 Å². The summed E-state index contributed by atoms with van der Waals surface area (Å²) in [4.78, 5) is 0. The van der Waals surface area contributed by atoms with Crippen LogP contribution in [0.4, 0.5) is 0 Å². The first-order valence-electron chi connectivity index (χ1n) is 4.98. The van der Waals surface area contributed by atoms with E-state index >= 15 is 0 Å². The quantitative estimate of drug-likeness (QED) is 0.708. The Morgan fingerprint density at radius 1 is 0.941 bits per heavy atom. The van der Waals surface area contributed by atoms with Crippen LogP contribution in [0.3, 0.4) is 0 Å². The zero-order valence-electron chi connectivity index (χ0n) is 8.62. The zero-order valence-corrected chi connectivity index (χ0v) is 9.52. The molecule has 2 aromatic carbocycles. The summed E-state index contributed by atoms with van der Waals surface area (Å²) in [5, 5.41) is 1.78. The number of thiol groups is 1. The Balaban J connectivity index is 2.39. The Morgan fingerprint density at radius 3 is 2.53 bits per heavy atom. The van der Waals surface area contributed by atoms with E-state index in [0.717, 1.165) is 10.8 Å². The maximum Gasteiger partial charge on any atom is 0.299 e. The standard InChI is InChI=1S/C12H8O4S/c13-17(14)16-11-7-3-5-9-8-4-1-2-6-10(8)15-12(9)11/h1-7,17H. The van der Waals surface area contributed by atoms with Crippen LogP contribution in [0.1, 0.15) is 0 Å². The van der Waals surface area contributed by atoms with Gasteiger partial charge in [0.25, 0.3) is 11.0 Å². The van der Waals surface area contributed by atoms with Crippen molar-refractivity contribution in [1.82, 2.24) is 0 Å². The molecule has 0 atom stereocenters. The van der Waals surface area contributed by atoms with Crippen molar-refractivity contribution in [3.05, 3.63) is 42.5 Å². The molecule has 17 heavy (non-hydrogen) atoms. The first kappa shape index (κ1) is 10.2. The fraction of sp³-hybridized carbons (Fsp3) is 0. The number of rotatable bonds is 2. The minimum Gasteiger partial charge on any atom is -0.452 e. The molecule has 0 spiro atoms. The first-order valence-corrected chi connectivity index (χ1v) is 6.08. The van der Waals surface area contributed by atoms with E-state index in [9.17, 15) is 8.42 Å². The van der Waals surface area contributed by atoms with E-state index in [1.807, 2.05) is 30.3 Å². The van der Waals surface area contributed by atoms with Gasteiger partial charge in [-0.15, -0.1) is 0 Å². The normalized spacial score (nSPS) is 11.4. The summed E-state index contributed by atoms with van der Waals surface area (Å²) in [6, 6.07) is 12.7. The van der Waals surface area contributed by atoms with Crippen LogP contribution >= 0.6 is 0 Å². The molecular formula is C12H8O4S. The predicted molar refractivity (Wildman–Crippen MR) is 64.7 cm³/mol. The summed E-state index contributed by atoms with van der Waals surface area (Å²) in [6.45, 7) is 0. The SMILES string of the molecule is O=[SH](=O)Oc1cccc2c1oc1ccccc12. The fourth-order valence-electron chi connectivity index (χ4n) is 1.87. The molecule has 0 aliphatic carbocycles. The monoisotopic (exact) mass is 248 g/mol. The van der Waals surface area contributed by atoms with E-state index in [2.05, 4.69) is 0 Å². The Morgan fingerprint density at radius 2 is 1.71 bits per heavy atom. The van der Waals surface area contributed by atoms with Gasteiger partial charge < -0.3 is 8.60 Å². The number of hydrogen-bond donors (Lipinski definition) is 1. The molecule has 1 heterocycles. The molecule has 4 nitrogen and oxygen atoms in total. The van der Waals surface area contributed by atoms with Gasteiger partial charge in [-0.05, 0) is 12.1 Å². The van der Waals surface area contributed by atoms with E-state index in [4.69, 9.17) is 8.60 Å². The molecule has 3 aromatic rings. The molecule has 0 unspecified atom stereocenters. The summed E-state index contributed by atoms with van der Waals surface area (Å²) in [5.74, 6) is 0.217. The molecule has 0 amide bonds. The highest BCUT2D eigenvalue weighted by Gasteiger charge is 2.11. The van der Waals surface area contributed by atoms with Crippen LogP contribution in [0.15, 0.2) is 46.9 Å². The lowest BCUT2D eigenvalue weighted by Gasteiger charge is -1.97. The van der Waals surface area contributed by atoms with Gasteiger partial charge in [-0.25, -0.2) is 0 Å². The molecule has 0 bridgehead atoms. The molecule has 1 aromatic heterocycles. The maximum atomic E-state index is 10.6. The van der Waals surface area contributed by atoms with Crippen LogP contribution in [0, 0.1) is 0 Å². The van der Waals surface area contributed by atoms with Gasteiger partial charge >= 0.3 is 0 Å². The average Bonchev–Trinajstić information content (AvgIpc) is 2.68. The second-order valence-corrected chi connectivity index (χ2v) is 4.18. The van der Waals surface area contributed by atoms with Crippen molar-refractivity contribution in [2.75, 3.05) is 0 Å². The molecule has 0 aliphatic rings. The lowest BCUT2D eigenvalue weighted by molar-refractivity contribution is 0.506. The van der Waals surface area contributed by atoms with Crippen LogP contribution in [0.2, 0.25) is 0 Å². The molecule has 5 heteroatoms. The van der Waals surface area contributed by atoms with E-state index in [1.54, 1.807) is 12.1 Å². The fourth-order valence-corrected chi connectivity index (χ4v) is 2.18. The summed E-state index contributed by atoms with van der Waals surface area (Å²) in [7, 11) is -2.94. The molecule has 0 saturated carbocycles. The van der Waals surface area contributed by atoms with Crippen LogP contribution < -0.4 is 4.18 Å². The third-order valence-electron chi connectivity index (χ3n) is 2.54. The Bertz CT molecular complexity index is 762. The van der Waals surface area contributed by atoms with Gasteiger partial charge in [0.1, 0.15) is 5.58 Å². The van der Waals surface area contributed by atoms with E-state index in [1.165, 1.54) is 0 Å². The van der Waals surface area contributed by atoms with Crippen LogP contribution in [0.5, 0.6) is 5.75 Å². The second-order valence-electron chi connectivity index (χ2n) is 3.55. The summed E-state index contributed by atoms with van der Waals surface area (Å²) < 4.78 is 31.5. The zero-order chi connectivity index (χ0) is 11.8. The van der Waals surface area contributed by atoms with Crippen molar-refractivity contribution in [1.29, 1.82) is 0 Å². The molecule has 0 saturated heterocycles. The lowest BCUT2D eigenvalue weighted by atomic mass is 10.1. The minimum atomic E-state index is -2.94. The van der Waals surface area contributed by atoms with Gasteiger partial charge in [-0.1, -0.05) is 30.3 Å². The van der Waals surface area contributed by atoms with E-state index < -0.39 is 11.0 Å². The Labute approximate surface area is 98.6 Å². The van der Waals surface area contributed by atoms with Gasteiger partial charge in [-0.2, -0.15) is 8.42 Å². The van der Waals surface area contributed by atoms with Crippen molar-refractivity contribution < 1.29 is 17.0 Å². The predicted octanol–water partition coefficient (Wildman–Crippen LogP) is 2.49. The number of fused-ring (bicyclic) bond motifs is 3. The first-order chi connectivity index (χ1) is 8.25. The van der Waals surface area contributed by atoms with E-state index in [-0.39, 0.29) is 5.75 Å². The molecule has 0 aliphatic heterocycles. The third-order valence-corrected chi connectivity index (χ3v) is 2.89. The number of furan rings is 1. The molecule has 86 valence electrons. The van der Waals surface area contributed by atoms with Crippen LogP contribution in [0.25, 0.3) is 21.9 Å². The number of hydrogen-bond acceptors (Lipinski definition) is 4. The second kappa shape index (κ2) is 3.78. The number of para-hydroxylation sites is 2. The minimum absolute atomic E-state index is 0.217. The van der Waals surface area contributed by atoms with Gasteiger partial charge in [0.2, 0.25) is 0 Å². The lowest BCUT2D eigenvalue weighted by Crippen LogP contribution is -1.89. The van der Waals surface area contributed by atoms with Crippen LogP contribution in [-0.2, 0) is 11.0 Å². The van der Waals surface area contributed by atoms with Crippen LogP contribution in [-0.4, -0.2) is 8.42 Å². The molecular weight excluding hydrogens is 240 g/mol. The third kappa shape index (κ3) is 1.64. The molecule has 0 fully saturated rings. The summed E-state index contributed by atoms with van der Waals surface area (Å²) in [6.07, 6.45) is 0. The smallest absolute Gasteiger partial charge is 0.299 e. The highest BCUT2D eigenvalue weighted by Crippen LogP contribution is 2.34. The van der Waals surface area contributed by atoms with Gasteiger partial charge in [0.15, 0.2) is 11.3 Å². The molecule has 0 N–H and O–H groups in total. The highest BCUT2D eigenvalue weighted by molar-refractivity contribution is 7.67. The van der Waals surface area contributed by atoms with Gasteiger partial charge in [0, 0.05) is 10.8 Å². The van der Waals surface area contributed by atoms with Gasteiger partial charge in [-0.3, -0.25) is 0 Å². The average molecular weight is 248 g/mol. The number of benzene rings is 2. The molecule has 0 radical (unpaired) electrons. The van der Waals surface area contributed by atoms with E-state index in [0.29, 0.717) is 11.2 Å².